The zero-order chi connectivity index (χ0) is 27.2. The predicted molar refractivity (Wildman–Crippen MR) is 143 cm³/mol. The van der Waals surface area contributed by atoms with Crippen LogP contribution >= 0.6 is 11.8 Å². The van der Waals surface area contributed by atoms with Gasteiger partial charge in [0.1, 0.15) is 12.6 Å². The maximum absolute atomic E-state index is 14.6. The molecule has 8 heteroatoms. The van der Waals surface area contributed by atoms with Gasteiger partial charge >= 0.3 is 5.97 Å². The van der Waals surface area contributed by atoms with Crippen LogP contribution < -0.4 is 0 Å². The van der Waals surface area contributed by atoms with Gasteiger partial charge in [0.25, 0.3) is 0 Å². The average Bonchev–Trinajstić information content (AvgIpc) is 3.36. The van der Waals surface area contributed by atoms with Crippen LogP contribution in [-0.2, 0) is 19.1 Å². The fraction of sp³-hybridized carbons (Fsp3) is 0.750. The normalized spacial score (nSPS) is 32.3. The van der Waals surface area contributed by atoms with Gasteiger partial charge in [-0.05, 0) is 44.9 Å². The predicted octanol–water partition coefficient (Wildman–Crippen LogP) is 3.66. The summed E-state index contributed by atoms with van der Waals surface area (Å²) in [4.78, 5) is 45.3. The zero-order valence-corrected chi connectivity index (χ0v) is 23.8. The number of aliphatic hydroxyl groups excluding tert-OH is 1. The van der Waals surface area contributed by atoms with Crippen molar-refractivity contribution in [2.45, 2.75) is 88.9 Å². The van der Waals surface area contributed by atoms with E-state index in [1.54, 1.807) is 29.7 Å². The lowest BCUT2D eigenvalue weighted by molar-refractivity contribution is -0.154. The first-order valence-electron chi connectivity index (χ1n) is 13.0. The molecular weight excluding hydrogens is 476 g/mol. The molecule has 2 amide bonds. The molecule has 0 aromatic carbocycles. The molecule has 0 aromatic rings. The molecule has 0 aromatic heterocycles. The molecule has 0 radical (unpaired) electrons. The highest BCUT2D eigenvalue weighted by Gasteiger charge is 2.77. The van der Waals surface area contributed by atoms with Crippen molar-refractivity contribution in [3.63, 3.8) is 0 Å². The van der Waals surface area contributed by atoms with Crippen LogP contribution in [-0.4, -0.2) is 80.1 Å². The van der Waals surface area contributed by atoms with Gasteiger partial charge in [-0.3, -0.25) is 14.4 Å². The van der Waals surface area contributed by atoms with Crippen LogP contribution in [0.2, 0.25) is 0 Å². The molecular formula is C28H44N2O5S. The smallest absolute Gasteiger partial charge is 0.311 e. The van der Waals surface area contributed by atoms with Gasteiger partial charge in [-0.15, -0.1) is 18.3 Å². The Labute approximate surface area is 220 Å². The van der Waals surface area contributed by atoms with Crippen molar-refractivity contribution in [3.8, 4) is 0 Å². The van der Waals surface area contributed by atoms with E-state index in [-0.39, 0.29) is 41.6 Å². The molecule has 0 aliphatic carbocycles. The molecule has 0 saturated carbocycles. The monoisotopic (exact) mass is 520 g/mol. The first kappa shape index (κ1) is 28.8. The standard InChI is InChI=1S/C28H44N2O5S/c1-10-12-29(27(8,9)16-26(5,6)7)24(33)22-28-17(3)14-19(36-28)20(25(34)35-13-11-2)21(28)23(32)30(22)18(4)15-31/h10-11,17-22,31H,1-2,12-16H2,3-9H3/t17?,18-,19-,20+,21+,22?,28?/m1/s1. The summed E-state index contributed by atoms with van der Waals surface area (Å²) >= 11 is 1.61. The summed E-state index contributed by atoms with van der Waals surface area (Å²) < 4.78 is 4.68. The van der Waals surface area contributed by atoms with Gasteiger partial charge in [0.2, 0.25) is 11.8 Å². The Morgan fingerprint density at radius 2 is 1.92 bits per heavy atom. The van der Waals surface area contributed by atoms with Crippen LogP contribution in [0.3, 0.4) is 0 Å². The van der Waals surface area contributed by atoms with Crippen LogP contribution in [0.1, 0.15) is 61.3 Å². The number of rotatable bonds is 10. The third kappa shape index (κ3) is 4.64. The Bertz CT molecular complexity index is 912. The van der Waals surface area contributed by atoms with Crippen LogP contribution in [0.15, 0.2) is 25.3 Å². The molecule has 7 nitrogen and oxygen atoms in total. The Morgan fingerprint density at radius 1 is 1.28 bits per heavy atom. The molecule has 3 saturated heterocycles. The van der Waals surface area contributed by atoms with E-state index in [9.17, 15) is 19.5 Å². The third-order valence-electron chi connectivity index (χ3n) is 8.04. The van der Waals surface area contributed by atoms with E-state index in [1.807, 2.05) is 4.90 Å². The van der Waals surface area contributed by atoms with Gasteiger partial charge in [0, 0.05) is 17.3 Å². The molecule has 3 aliphatic rings. The number of ether oxygens (including phenoxy) is 1. The summed E-state index contributed by atoms with van der Waals surface area (Å²) in [5, 5.41) is 10.0. The largest absolute Gasteiger partial charge is 0.461 e. The molecule has 1 N–H and O–H groups in total. The topological polar surface area (TPSA) is 87.1 Å². The molecule has 3 heterocycles. The van der Waals surface area contributed by atoms with E-state index in [4.69, 9.17) is 4.74 Å². The number of hydrogen-bond donors (Lipinski definition) is 1. The molecule has 3 rings (SSSR count). The van der Waals surface area contributed by atoms with Crippen molar-refractivity contribution < 1.29 is 24.2 Å². The molecule has 202 valence electrons. The first-order chi connectivity index (χ1) is 16.7. The van der Waals surface area contributed by atoms with Crippen LogP contribution in [0.25, 0.3) is 0 Å². The van der Waals surface area contributed by atoms with Crippen molar-refractivity contribution in [2.75, 3.05) is 19.8 Å². The number of hydrogen-bond acceptors (Lipinski definition) is 6. The quantitative estimate of drug-likeness (QED) is 0.349. The number of carbonyl (C=O) groups excluding carboxylic acids is 3. The highest BCUT2D eigenvalue weighted by molar-refractivity contribution is 8.02. The van der Waals surface area contributed by atoms with Crippen molar-refractivity contribution in [1.29, 1.82) is 0 Å². The number of nitrogens with zero attached hydrogens (tertiary/aromatic N) is 2. The molecule has 2 bridgehead atoms. The zero-order valence-electron chi connectivity index (χ0n) is 23.0. The summed E-state index contributed by atoms with van der Waals surface area (Å²) in [6.07, 6.45) is 4.74. The molecule has 7 atom stereocenters. The van der Waals surface area contributed by atoms with E-state index in [0.717, 1.165) is 12.8 Å². The minimum Gasteiger partial charge on any atom is -0.461 e. The highest BCUT2D eigenvalue weighted by Crippen LogP contribution is 2.69. The summed E-state index contributed by atoms with van der Waals surface area (Å²) in [5.74, 6) is -2.00. The van der Waals surface area contributed by atoms with E-state index in [1.165, 1.54) is 6.08 Å². The highest BCUT2D eigenvalue weighted by atomic mass is 32.2. The second-order valence-corrected chi connectivity index (χ2v) is 14.1. The van der Waals surface area contributed by atoms with E-state index < -0.39 is 40.2 Å². The fourth-order valence-electron chi connectivity index (χ4n) is 7.11. The lowest BCUT2D eigenvalue weighted by Gasteiger charge is -2.47. The van der Waals surface area contributed by atoms with Crippen LogP contribution in [0.4, 0.5) is 0 Å². The first-order valence-corrected chi connectivity index (χ1v) is 13.9. The summed E-state index contributed by atoms with van der Waals surface area (Å²) in [6.45, 7) is 22.1. The van der Waals surface area contributed by atoms with Gasteiger partial charge in [0.05, 0.1) is 29.2 Å². The third-order valence-corrected chi connectivity index (χ3v) is 10.1. The minimum absolute atomic E-state index is 0.0263. The average molecular weight is 521 g/mol. The van der Waals surface area contributed by atoms with E-state index in [2.05, 4.69) is 54.7 Å². The summed E-state index contributed by atoms with van der Waals surface area (Å²) in [6, 6.07) is -1.34. The van der Waals surface area contributed by atoms with Gasteiger partial charge in [-0.2, -0.15) is 0 Å². The van der Waals surface area contributed by atoms with Crippen molar-refractivity contribution in [3.05, 3.63) is 25.3 Å². The maximum Gasteiger partial charge on any atom is 0.311 e. The summed E-state index contributed by atoms with van der Waals surface area (Å²) in [7, 11) is 0. The lowest BCUT2D eigenvalue weighted by atomic mass is 9.66. The Hall–Kier alpha value is -1.80. The fourth-order valence-corrected chi connectivity index (χ4v) is 9.50. The Kier molecular flexibility index (Phi) is 8.12. The number of thioether (sulfide) groups is 1. The number of likely N-dealkylation sites (tertiary alicyclic amines) is 1. The molecule has 3 fully saturated rings. The summed E-state index contributed by atoms with van der Waals surface area (Å²) in [5.41, 5.74) is -0.524. The van der Waals surface area contributed by atoms with Crippen molar-refractivity contribution >= 4 is 29.5 Å². The molecule has 36 heavy (non-hydrogen) atoms. The van der Waals surface area contributed by atoms with Crippen molar-refractivity contribution in [2.24, 2.45) is 23.2 Å². The van der Waals surface area contributed by atoms with Crippen molar-refractivity contribution in [1.82, 2.24) is 9.80 Å². The number of fused-ring (bicyclic) bond motifs is 1. The molecule has 1 spiro atoms. The maximum atomic E-state index is 14.6. The number of aliphatic hydroxyl groups is 1. The van der Waals surface area contributed by atoms with Gasteiger partial charge in [-0.25, -0.2) is 0 Å². The van der Waals surface area contributed by atoms with Crippen LogP contribution in [0.5, 0.6) is 0 Å². The van der Waals surface area contributed by atoms with Crippen LogP contribution in [0, 0.1) is 23.2 Å². The Balaban J connectivity index is 2.12. The number of esters is 1. The number of amides is 2. The SMILES string of the molecule is C=CCOC(=O)[C@@H]1[C@H]2C(=O)N([C@H](C)CO)C(C(=O)N(CC=C)C(C)(C)CC(C)(C)C)C23S[C@@H]1CC3C. The van der Waals surface area contributed by atoms with Gasteiger partial charge in [-0.1, -0.05) is 46.4 Å². The molecule has 3 aliphatic heterocycles. The second kappa shape index (κ2) is 10.2. The number of carbonyl (C=O) groups is 3. The van der Waals surface area contributed by atoms with Gasteiger partial charge < -0.3 is 19.6 Å². The Morgan fingerprint density at radius 3 is 2.44 bits per heavy atom. The van der Waals surface area contributed by atoms with E-state index >= 15 is 0 Å². The van der Waals surface area contributed by atoms with E-state index in [0.29, 0.717) is 6.54 Å². The van der Waals surface area contributed by atoms with Gasteiger partial charge in [0.15, 0.2) is 0 Å². The second-order valence-electron chi connectivity index (χ2n) is 12.5. The lowest BCUT2D eigenvalue weighted by Crippen LogP contribution is -2.62. The molecule has 3 unspecified atom stereocenters. The minimum atomic E-state index is -0.779.